The van der Waals surface area contributed by atoms with Crippen LogP contribution in [-0.2, 0) is 11.8 Å². The Morgan fingerprint density at radius 3 is 2.33 bits per heavy atom. The average molecular weight is 467 g/mol. The fourth-order valence-electron chi connectivity index (χ4n) is 3.68. The van der Waals surface area contributed by atoms with Gasteiger partial charge in [0.25, 0.3) is 11.8 Å². The molecule has 172 valence electrons. The van der Waals surface area contributed by atoms with Gasteiger partial charge in [-0.05, 0) is 48.6 Å². The number of aryl methyl sites for hydroxylation is 1. The van der Waals surface area contributed by atoms with E-state index in [1.165, 1.54) is 11.3 Å². The third-order valence-electron chi connectivity index (χ3n) is 5.43. The highest BCUT2D eigenvalue weighted by molar-refractivity contribution is 7.12. The van der Waals surface area contributed by atoms with Crippen molar-refractivity contribution in [2.24, 2.45) is 7.05 Å². The van der Waals surface area contributed by atoms with Crippen LogP contribution in [0.3, 0.4) is 0 Å². The molecule has 0 spiro atoms. The second-order valence-corrected chi connectivity index (χ2v) is 8.93. The molecule has 10 heteroatoms. The molecule has 0 atom stereocenters. The van der Waals surface area contributed by atoms with Crippen LogP contribution in [0.1, 0.15) is 32.9 Å². The van der Waals surface area contributed by atoms with E-state index >= 15 is 0 Å². The molecular weight excluding hydrogens is 440 g/mol. The Morgan fingerprint density at radius 1 is 1.03 bits per heavy atom. The maximum absolute atomic E-state index is 12.4. The van der Waals surface area contributed by atoms with E-state index < -0.39 is 0 Å². The number of aromatic nitrogens is 2. The van der Waals surface area contributed by atoms with E-state index in [1.807, 2.05) is 11.4 Å². The van der Waals surface area contributed by atoms with E-state index in [0.717, 1.165) is 25.9 Å². The van der Waals surface area contributed by atoms with Crippen LogP contribution in [0.15, 0.2) is 54.2 Å². The molecule has 3 heterocycles. The van der Waals surface area contributed by atoms with Crippen molar-refractivity contribution >= 4 is 40.4 Å². The van der Waals surface area contributed by atoms with Crippen LogP contribution < -0.4 is 16.0 Å². The van der Waals surface area contributed by atoms with Crippen LogP contribution in [0, 0.1) is 0 Å². The molecule has 1 aliphatic heterocycles. The molecule has 2 aromatic heterocycles. The molecule has 1 fully saturated rings. The molecule has 0 saturated carbocycles. The number of hydrogen-bond donors (Lipinski definition) is 3. The highest BCUT2D eigenvalue weighted by atomic mass is 32.1. The van der Waals surface area contributed by atoms with Gasteiger partial charge in [-0.15, -0.1) is 11.3 Å². The topological polar surface area (TPSA) is 108 Å². The summed E-state index contributed by atoms with van der Waals surface area (Å²) in [4.78, 5) is 39.6. The van der Waals surface area contributed by atoms with Crippen molar-refractivity contribution in [3.8, 4) is 0 Å². The first-order chi connectivity index (χ1) is 16.0. The summed E-state index contributed by atoms with van der Waals surface area (Å²) in [5.41, 5.74) is 1.89. The van der Waals surface area contributed by atoms with Crippen molar-refractivity contribution in [2.45, 2.75) is 18.9 Å². The summed E-state index contributed by atoms with van der Waals surface area (Å²) in [5, 5.41) is 14.6. The summed E-state index contributed by atoms with van der Waals surface area (Å²) >= 11 is 1.38. The Hall–Kier alpha value is -3.50. The lowest BCUT2D eigenvalue weighted by Crippen LogP contribution is -2.46. The largest absolute Gasteiger partial charge is 0.349 e. The van der Waals surface area contributed by atoms with Crippen LogP contribution in [0.4, 0.5) is 11.4 Å². The molecule has 4 rings (SSSR count). The highest BCUT2D eigenvalue weighted by Gasteiger charge is 2.23. The van der Waals surface area contributed by atoms with Gasteiger partial charge in [0, 0.05) is 43.8 Å². The van der Waals surface area contributed by atoms with Gasteiger partial charge in [0.15, 0.2) is 0 Å². The van der Waals surface area contributed by atoms with Crippen LogP contribution in [-0.4, -0.2) is 58.1 Å². The number of carbonyl (C=O) groups excluding carboxylic acids is 3. The molecule has 0 unspecified atom stereocenters. The fraction of sp³-hybridized carbons (Fsp3) is 0.304. The van der Waals surface area contributed by atoms with Crippen molar-refractivity contribution in [2.75, 3.05) is 30.3 Å². The molecule has 0 aliphatic carbocycles. The second kappa shape index (κ2) is 10.4. The van der Waals surface area contributed by atoms with Crippen LogP contribution >= 0.6 is 11.3 Å². The van der Waals surface area contributed by atoms with Crippen molar-refractivity contribution in [1.29, 1.82) is 0 Å². The molecule has 3 aromatic rings. The third-order valence-corrected chi connectivity index (χ3v) is 6.30. The van der Waals surface area contributed by atoms with Gasteiger partial charge in [0.2, 0.25) is 5.91 Å². The van der Waals surface area contributed by atoms with Gasteiger partial charge in [-0.3, -0.25) is 24.0 Å². The van der Waals surface area contributed by atoms with Crippen LogP contribution in [0.5, 0.6) is 0 Å². The number of carbonyl (C=O) groups is 3. The summed E-state index contributed by atoms with van der Waals surface area (Å²) in [7, 11) is 1.78. The molecular formula is C23H26N6O3S. The molecule has 1 saturated heterocycles. The van der Waals surface area contributed by atoms with Crippen molar-refractivity contribution in [3.63, 3.8) is 0 Å². The number of anilines is 2. The minimum absolute atomic E-state index is 0.0916. The third kappa shape index (κ3) is 6.27. The van der Waals surface area contributed by atoms with Crippen LogP contribution in [0.25, 0.3) is 0 Å². The first kappa shape index (κ1) is 22.7. The number of amides is 3. The number of likely N-dealkylation sites (tertiary alicyclic amines) is 1. The Morgan fingerprint density at radius 2 is 1.73 bits per heavy atom. The predicted octanol–water partition coefficient (Wildman–Crippen LogP) is 2.57. The van der Waals surface area contributed by atoms with Gasteiger partial charge in [-0.1, -0.05) is 6.07 Å². The maximum atomic E-state index is 12.4. The lowest BCUT2D eigenvalue weighted by molar-refractivity contribution is -0.117. The molecule has 9 nitrogen and oxygen atoms in total. The standard InChI is InChI=1S/C23H26N6O3S/c1-28-14-16(13-24-28)22(31)26-19-8-10-29(11-9-19)15-21(30)25-17-4-6-18(7-5-17)27-23(32)20-3-2-12-33-20/h2-7,12-14,19H,8-11,15H2,1H3,(H,25,30)(H,26,31)(H,27,32). The van der Waals surface area contributed by atoms with Gasteiger partial charge < -0.3 is 16.0 Å². The molecule has 33 heavy (non-hydrogen) atoms. The number of nitrogens with zero attached hydrogens (tertiary/aromatic N) is 3. The second-order valence-electron chi connectivity index (χ2n) is 7.98. The maximum Gasteiger partial charge on any atom is 0.265 e. The van der Waals surface area contributed by atoms with E-state index in [4.69, 9.17) is 0 Å². The van der Waals surface area contributed by atoms with Gasteiger partial charge in [0.1, 0.15) is 0 Å². The van der Waals surface area contributed by atoms with E-state index in [0.29, 0.717) is 28.4 Å². The van der Waals surface area contributed by atoms with Crippen molar-refractivity contribution in [3.05, 3.63) is 64.6 Å². The summed E-state index contributed by atoms with van der Waals surface area (Å²) in [6.45, 7) is 1.76. The number of benzene rings is 1. The number of piperidine rings is 1. The molecule has 1 aliphatic rings. The van der Waals surface area contributed by atoms with E-state index in [1.54, 1.807) is 54.5 Å². The summed E-state index contributed by atoms with van der Waals surface area (Å²) in [5.74, 6) is -0.362. The molecule has 3 N–H and O–H groups in total. The minimum atomic E-state index is -0.151. The van der Waals surface area contributed by atoms with Gasteiger partial charge >= 0.3 is 0 Å². The number of nitrogens with one attached hydrogen (secondary N) is 3. The predicted molar refractivity (Wildman–Crippen MR) is 127 cm³/mol. The first-order valence-corrected chi connectivity index (χ1v) is 11.6. The lowest BCUT2D eigenvalue weighted by atomic mass is 10.0. The quantitative estimate of drug-likeness (QED) is 0.496. The van der Waals surface area contributed by atoms with E-state index in [-0.39, 0.29) is 23.8 Å². The normalized spacial score (nSPS) is 14.6. The highest BCUT2D eigenvalue weighted by Crippen LogP contribution is 2.17. The number of rotatable bonds is 7. The number of thiophene rings is 1. The smallest absolute Gasteiger partial charge is 0.265 e. The summed E-state index contributed by atoms with van der Waals surface area (Å²) < 4.78 is 1.60. The Kier molecular flexibility index (Phi) is 7.16. The Labute approximate surface area is 195 Å². The molecule has 0 radical (unpaired) electrons. The average Bonchev–Trinajstić information content (AvgIpc) is 3.49. The first-order valence-electron chi connectivity index (χ1n) is 10.7. The van der Waals surface area contributed by atoms with Gasteiger partial charge in [-0.2, -0.15) is 5.10 Å². The zero-order valence-electron chi connectivity index (χ0n) is 18.3. The zero-order chi connectivity index (χ0) is 23.2. The van der Waals surface area contributed by atoms with Crippen molar-refractivity contribution in [1.82, 2.24) is 20.0 Å². The Bertz CT molecular complexity index is 1100. The van der Waals surface area contributed by atoms with E-state index in [2.05, 4.69) is 25.9 Å². The monoisotopic (exact) mass is 466 g/mol. The summed E-state index contributed by atoms with van der Waals surface area (Å²) in [6.07, 6.45) is 4.83. The van der Waals surface area contributed by atoms with E-state index in [9.17, 15) is 14.4 Å². The SMILES string of the molecule is Cn1cc(C(=O)NC2CCN(CC(=O)Nc3ccc(NC(=O)c4cccs4)cc3)CC2)cn1. The zero-order valence-corrected chi connectivity index (χ0v) is 19.1. The van der Waals surface area contributed by atoms with Gasteiger partial charge in [-0.25, -0.2) is 0 Å². The van der Waals surface area contributed by atoms with Gasteiger partial charge in [0.05, 0.1) is 23.2 Å². The number of hydrogen-bond acceptors (Lipinski definition) is 6. The molecule has 0 bridgehead atoms. The fourth-order valence-corrected chi connectivity index (χ4v) is 4.30. The summed E-state index contributed by atoms with van der Waals surface area (Å²) in [6, 6.07) is 10.7. The molecule has 1 aromatic carbocycles. The lowest BCUT2D eigenvalue weighted by Gasteiger charge is -2.31. The molecule has 3 amide bonds. The minimum Gasteiger partial charge on any atom is -0.349 e. The Balaban J connectivity index is 1.19. The van der Waals surface area contributed by atoms with Crippen LogP contribution in [0.2, 0.25) is 0 Å². The van der Waals surface area contributed by atoms with Crippen molar-refractivity contribution < 1.29 is 14.4 Å².